The molecule has 1 heterocycles. The van der Waals surface area contributed by atoms with Crippen molar-refractivity contribution in [1.29, 1.82) is 0 Å². The minimum Gasteiger partial charge on any atom is -0.339 e. The number of benzene rings is 1. The fourth-order valence-corrected chi connectivity index (χ4v) is 1.64. The smallest absolute Gasteiger partial charge is 0.226 e. The van der Waals surface area contributed by atoms with E-state index in [1.165, 1.54) is 6.07 Å². The number of halogens is 2. The Hall–Kier alpha value is -1.27. The van der Waals surface area contributed by atoms with E-state index in [1.54, 1.807) is 12.1 Å². The van der Waals surface area contributed by atoms with Gasteiger partial charge in [-0.1, -0.05) is 18.1 Å². The Morgan fingerprint density at radius 2 is 2.29 bits per heavy atom. The molecule has 0 spiro atoms. The summed E-state index contributed by atoms with van der Waals surface area (Å²) in [6.45, 7) is 1.90. The van der Waals surface area contributed by atoms with E-state index in [-0.39, 0.29) is 5.82 Å². The van der Waals surface area contributed by atoms with E-state index >= 15 is 0 Å². The normalized spacial score (nSPS) is 12.7. The van der Waals surface area contributed by atoms with Gasteiger partial charge >= 0.3 is 0 Å². The summed E-state index contributed by atoms with van der Waals surface area (Å²) in [5.41, 5.74) is 6.54. The summed E-state index contributed by atoms with van der Waals surface area (Å²) in [6.07, 6.45) is 0.647. The molecule has 0 amide bonds. The second-order valence-corrected chi connectivity index (χ2v) is 4.41. The first-order chi connectivity index (χ1) is 8.11. The largest absolute Gasteiger partial charge is 0.339 e. The summed E-state index contributed by atoms with van der Waals surface area (Å²) in [5.74, 6) is 0.522. The van der Waals surface area contributed by atoms with Gasteiger partial charge in [-0.3, -0.25) is 0 Å². The average molecular weight is 300 g/mol. The van der Waals surface area contributed by atoms with E-state index in [2.05, 4.69) is 26.1 Å². The molecule has 1 aromatic carbocycles. The highest BCUT2D eigenvalue weighted by Gasteiger charge is 2.16. The number of hydrogen-bond acceptors (Lipinski definition) is 4. The topological polar surface area (TPSA) is 64.9 Å². The predicted octanol–water partition coefficient (Wildman–Crippen LogP) is 2.58. The lowest BCUT2D eigenvalue weighted by atomic mass is 10.1. The number of rotatable bonds is 3. The maximum atomic E-state index is 13.4. The Morgan fingerprint density at radius 3 is 2.88 bits per heavy atom. The van der Waals surface area contributed by atoms with Crippen molar-refractivity contribution in [3.63, 3.8) is 0 Å². The van der Waals surface area contributed by atoms with E-state index in [9.17, 15) is 4.39 Å². The molecule has 0 fully saturated rings. The molecule has 0 saturated heterocycles. The molecule has 90 valence electrons. The summed E-state index contributed by atoms with van der Waals surface area (Å²) in [5, 5.41) is 3.77. The van der Waals surface area contributed by atoms with Gasteiger partial charge in [0.2, 0.25) is 5.89 Å². The van der Waals surface area contributed by atoms with Gasteiger partial charge in [-0.2, -0.15) is 4.98 Å². The Kier molecular flexibility index (Phi) is 3.54. The van der Waals surface area contributed by atoms with Crippen molar-refractivity contribution >= 4 is 15.9 Å². The molecule has 17 heavy (non-hydrogen) atoms. The second kappa shape index (κ2) is 4.93. The van der Waals surface area contributed by atoms with Crippen LogP contribution in [-0.2, 0) is 6.42 Å². The molecule has 1 atom stereocenters. The van der Waals surface area contributed by atoms with Gasteiger partial charge in [-0.15, -0.1) is 0 Å². The lowest BCUT2D eigenvalue weighted by Gasteiger charge is -2.07. The van der Waals surface area contributed by atoms with Crippen LogP contribution in [0.25, 0.3) is 0 Å². The monoisotopic (exact) mass is 299 g/mol. The zero-order valence-electron chi connectivity index (χ0n) is 9.15. The summed E-state index contributed by atoms with van der Waals surface area (Å²) < 4.78 is 18.7. The number of nitrogens with zero attached hydrogens (tertiary/aromatic N) is 2. The molecule has 1 unspecified atom stereocenters. The third kappa shape index (κ3) is 2.53. The van der Waals surface area contributed by atoms with Crippen LogP contribution in [0.15, 0.2) is 27.2 Å². The standard InChI is InChI=1S/C11H11BrFN3O/c1-2-9-15-11(16-17-9)10(14)6-3-4-7(12)8(13)5-6/h3-5,10H,2,14H2,1H3. The third-order valence-electron chi connectivity index (χ3n) is 2.37. The fraction of sp³-hybridized carbons (Fsp3) is 0.273. The minimum absolute atomic E-state index is 0.364. The molecular formula is C11H11BrFN3O. The van der Waals surface area contributed by atoms with Gasteiger partial charge in [0.15, 0.2) is 5.82 Å². The van der Waals surface area contributed by atoms with Crippen molar-refractivity contribution < 1.29 is 8.91 Å². The Bertz CT molecular complexity index is 529. The zero-order chi connectivity index (χ0) is 12.4. The van der Waals surface area contributed by atoms with E-state index < -0.39 is 6.04 Å². The maximum Gasteiger partial charge on any atom is 0.226 e. The molecule has 4 nitrogen and oxygen atoms in total. The first-order valence-electron chi connectivity index (χ1n) is 5.14. The molecular weight excluding hydrogens is 289 g/mol. The van der Waals surface area contributed by atoms with Crippen molar-refractivity contribution in [3.8, 4) is 0 Å². The summed E-state index contributed by atoms with van der Waals surface area (Å²) >= 11 is 3.08. The molecule has 0 aliphatic rings. The van der Waals surface area contributed by atoms with Gasteiger partial charge in [-0.25, -0.2) is 4.39 Å². The van der Waals surface area contributed by atoms with E-state index in [0.717, 1.165) is 0 Å². The van der Waals surface area contributed by atoms with Crippen LogP contribution in [0.5, 0.6) is 0 Å². The highest BCUT2D eigenvalue weighted by molar-refractivity contribution is 9.10. The molecule has 0 bridgehead atoms. The van der Waals surface area contributed by atoms with Crippen LogP contribution in [0.2, 0.25) is 0 Å². The van der Waals surface area contributed by atoms with Crippen molar-refractivity contribution in [2.75, 3.05) is 0 Å². The van der Waals surface area contributed by atoms with Gasteiger partial charge in [0.05, 0.1) is 10.5 Å². The minimum atomic E-state index is -0.582. The Labute approximate surface area is 106 Å². The highest BCUT2D eigenvalue weighted by Crippen LogP contribution is 2.22. The van der Waals surface area contributed by atoms with E-state index in [0.29, 0.717) is 28.2 Å². The first kappa shape index (κ1) is 12.2. The summed E-state index contributed by atoms with van der Waals surface area (Å²) in [7, 11) is 0. The van der Waals surface area contributed by atoms with Crippen molar-refractivity contribution in [3.05, 3.63) is 45.8 Å². The zero-order valence-corrected chi connectivity index (χ0v) is 10.7. The van der Waals surface area contributed by atoms with Gasteiger partial charge in [0.1, 0.15) is 5.82 Å². The van der Waals surface area contributed by atoms with Gasteiger partial charge in [0.25, 0.3) is 0 Å². The average Bonchev–Trinajstić information content (AvgIpc) is 2.80. The highest BCUT2D eigenvalue weighted by atomic mass is 79.9. The molecule has 0 aliphatic heterocycles. The predicted molar refractivity (Wildman–Crippen MR) is 63.8 cm³/mol. The van der Waals surface area contributed by atoms with Gasteiger partial charge < -0.3 is 10.3 Å². The number of hydrogen-bond donors (Lipinski definition) is 1. The molecule has 0 saturated carbocycles. The number of nitrogens with two attached hydrogens (primary N) is 1. The second-order valence-electron chi connectivity index (χ2n) is 3.55. The van der Waals surface area contributed by atoms with Gasteiger partial charge in [-0.05, 0) is 33.6 Å². The SMILES string of the molecule is CCc1nc(C(N)c2ccc(Br)c(F)c2)no1. The van der Waals surface area contributed by atoms with Crippen LogP contribution in [0.1, 0.15) is 30.2 Å². The Morgan fingerprint density at radius 1 is 1.53 bits per heavy atom. The van der Waals surface area contributed by atoms with E-state index in [1.807, 2.05) is 6.92 Å². The van der Waals surface area contributed by atoms with Crippen molar-refractivity contribution in [2.45, 2.75) is 19.4 Å². The summed E-state index contributed by atoms with van der Waals surface area (Å²) in [6, 6.07) is 4.10. The lowest BCUT2D eigenvalue weighted by Crippen LogP contribution is -2.14. The third-order valence-corrected chi connectivity index (χ3v) is 3.01. The first-order valence-corrected chi connectivity index (χ1v) is 5.94. The van der Waals surface area contributed by atoms with Crippen LogP contribution in [0, 0.1) is 5.82 Å². The van der Waals surface area contributed by atoms with Crippen LogP contribution in [0.3, 0.4) is 0 Å². The number of aromatic nitrogens is 2. The van der Waals surface area contributed by atoms with Gasteiger partial charge in [0, 0.05) is 6.42 Å². The molecule has 2 aromatic rings. The van der Waals surface area contributed by atoms with E-state index in [4.69, 9.17) is 10.3 Å². The quantitative estimate of drug-likeness (QED) is 0.946. The lowest BCUT2D eigenvalue weighted by molar-refractivity contribution is 0.375. The fourth-order valence-electron chi connectivity index (χ4n) is 1.39. The summed E-state index contributed by atoms with van der Waals surface area (Å²) in [4.78, 5) is 4.12. The van der Waals surface area contributed by atoms with Crippen molar-refractivity contribution in [2.24, 2.45) is 5.73 Å². The molecule has 2 rings (SSSR count). The van der Waals surface area contributed by atoms with Crippen molar-refractivity contribution in [1.82, 2.24) is 10.1 Å². The molecule has 6 heteroatoms. The Balaban J connectivity index is 2.29. The van der Waals surface area contributed by atoms with Crippen LogP contribution < -0.4 is 5.73 Å². The van der Waals surface area contributed by atoms with Crippen LogP contribution >= 0.6 is 15.9 Å². The molecule has 0 aliphatic carbocycles. The van der Waals surface area contributed by atoms with Crippen LogP contribution in [-0.4, -0.2) is 10.1 Å². The maximum absolute atomic E-state index is 13.4. The molecule has 0 radical (unpaired) electrons. The molecule has 2 N–H and O–H groups in total. The number of aryl methyl sites for hydroxylation is 1. The van der Waals surface area contributed by atoms with Crippen LogP contribution in [0.4, 0.5) is 4.39 Å². The molecule has 1 aromatic heterocycles.